The molecule has 0 radical (unpaired) electrons. The van der Waals surface area contributed by atoms with Crippen LogP contribution in [0.4, 0.5) is 4.39 Å². The molecular formula is C14H17FO3. The predicted octanol–water partition coefficient (Wildman–Crippen LogP) is 2.83. The molecule has 1 aliphatic rings. The summed E-state index contributed by atoms with van der Waals surface area (Å²) in [6.07, 6.45) is 2.77. The minimum absolute atomic E-state index is 0.0137. The fourth-order valence-electron chi connectivity index (χ4n) is 1.73. The van der Waals surface area contributed by atoms with Gasteiger partial charge in [-0.25, -0.2) is 4.39 Å². The largest absolute Gasteiger partial charge is 0.488 e. The lowest BCUT2D eigenvalue weighted by molar-refractivity contribution is 0.0975. The van der Waals surface area contributed by atoms with Crippen LogP contribution in [0.3, 0.4) is 0 Å². The molecule has 0 aliphatic heterocycles. The van der Waals surface area contributed by atoms with E-state index in [9.17, 15) is 9.18 Å². The van der Waals surface area contributed by atoms with Crippen molar-refractivity contribution in [1.82, 2.24) is 0 Å². The number of rotatable bonds is 7. The monoisotopic (exact) mass is 252 g/mol. The highest BCUT2D eigenvalue weighted by atomic mass is 19.1. The highest BCUT2D eigenvalue weighted by molar-refractivity contribution is 5.96. The number of hydrogen-bond donors (Lipinski definition) is 0. The van der Waals surface area contributed by atoms with Gasteiger partial charge in [0.05, 0.1) is 6.61 Å². The minimum Gasteiger partial charge on any atom is -0.488 e. The molecule has 0 heterocycles. The van der Waals surface area contributed by atoms with Crippen molar-refractivity contribution in [3.05, 3.63) is 29.6 Å². The van der Waals surface area contributed by atoms with E-state index in [1.54, 1.807) is 13.2 Å². The van der Waals surface area contributed by atoms with E-state index in [1.165, 1.54) is 12.1 Å². The van der Waals surface area contributed by atoms with Crippen LogP contribution in [0.5, 0.6) is 5.75 Å². The van der Waals surface area contributed by atoms with Crippen LogP contribution in [-0.4, -0.2) is 26.1 Å². The van der Waals surface area contributed by atoms with Crippen molar-refractivity contribution < 1.29 is 18.7 Å². The van der Waals surface area contributed by atoms with Gasteiger partial charge in [-0.05, 0) is 37.0 Å². The fraction of sp³-hybridized carbons (Fsp3) is 0.500. The van der Waals surface area contributed by atoms with Gasteiger partial charge in [-0.2, -0.15) is 0 Å². The summed E-state index contributed by atoms with van der Waals surface area (Å²) in [5, 5.41) is 0. The van der Waals surface area contributed by atoms with E-state index in [2.05, 4.69) is 0 Å². The molecule has 1 aromatic rings. The lowest BCUT2D eigenvalue weighted by Gasteiger charge is -2.07. The molecule has 0 amide bonds. The maximum absolute atomic E-state index is 13.7. The number of carbonyl (C=O) groups is 1. The predicted molar refractivity (Wildman–Crippen MR) is 65.4 cm³/mol. The van der Waals surface area contributed by atoms with Gasteiger partial charge in [0, 0.05) is 19.1 Å². The molecule has 4 heteroatoms. The van der Waals surface area contributed by atoms with E-state index >= 15 is 0 Å². The zero-order chi connectivity index (χ0) is 13.0. The summed E-state index contributed by atoms with van der Waals surface area (Å²) in [4.78, 5) is 11.8. The zero-order valence-corrected chi connectivity index (χ0v) is 10.4. The molecule has 0 bridgehead atoms. The molecule has 3 nitrogen and oxygen atoms in total. The molecular weight excluding hydrogens is 235 g/mol. The average Bonchev–Trinajstić information content (AvgIpc) is 3.15. The third-order valence-corrected chi connectivity index (χ3v) is 2.97. The lowest BCUT2D eigenvalue weighted by Crippen LogP contribution is -2.06. The van der Waals surface area contributed by atoms with Crippen LogP contribution in [0, 0.1) is 11.7 Å². The van der Waals surface area contributed by atoms with Crippen molar-refractivity contribution >= 4 is 5.78 Å². The molecule has 0 spiro atoms. The van der Waals surface area contributed by atoms with Crippen LogP contribution < -0.4 is 4.74 Å². The summed E-state index contributed by atoms with van der Waals surface area (Å²) in [6.45, 7) is 0.699. The second-order valence-corrected chi connectivity index (χ2v) is 4.56. The number of halogens is 1. The van der Waals surface area contributed by atoms with Crippen molar-refractivity contribution in [3.63, 3.8) is 0 Å². The van der Waals surface area contributed by atoms with Crippen LogP contribution >= 0.6 is 0 Å². The van der Waals surface area contributed by atoms with Gasteiger partial charge in [-0.3, -0.25) is 4.79 Å². The highest BCUT2D eigenvalue weighted by Gasteiger charge is 2.25. The molecule has 0 aromatic heterocycles. The normalized spacial score (nSPS) is 14.6. The lowest BCUT2D eigenvalue weighted by atomic mass is 10.1. The Balaban J connectivity index is 1.96. The second-order valence-electron chi connectivity index (χ2n) is 4.56. The first-order chi connectivity index (χ1) is 8.70. The number of Topliss-reactive ketones (excluding diaryl/α,β-unsaturated/α-hetero) is 1. The smallest absolute Gasteiger partial charge is 0.165 e. The summed E-state index contributed by atoms with van der Waals surface area (Å²) in [6, 6.07) is 4.38. The van der Waals surface area contributed by atoms with Crippen molar-refractivity contribution in [2.24, 2.45) is 5.92 Å². The SMILES string of the molecule is COCCOc1ccc(C(=O)CC2CC2)cc1F. The summed E-state index contributed by atoms with van der Waals surface area (Å²) in [5.41, 5.74) is 0.429. The molecule has 0 N–H and O–H groups in total. The van der Waals surface area contributed by atoms with Crippen molar-refractivity contribution in [2.75, 3.05) is 20.3 Å². The van der Waals surface area contributed by atoms with Crippen LogP contribution in [0.25, 0.3) is 0 Å². The van der Waals surface area contributed by atoms with Gasteiger partial charge in [-0.15, -0.1) is 0 Å². The third-order valence-electron chi connectivity index (χ3n) is 2.97. The Morgan fingerprint density at radius 3 is 2.78 bits per heavy atom. The zero-order valence-electron chi connectivity index (χ0n) is 10.4. The summed E-state index contributed by atoms with van der Waals surface area (Å²) in [7, 11) is 1.55. The molecule has 0 saturated heterocycles. The Morgan fingerprint density at radius 2 is 2.17 bits per heavy atom. The molecule has 0 unspecified atom stereocenters. The van der Waals surface area contributed by atoms with E-state index in [-0.39, 0.29) is 11.5 Å². The first kappa shape index (κ1) is 13.0. The maximum atomic E-state index is 13.7. The molecule has 98 valence electrons. The molecule has 0 atom stereocenters. The summed E-state index contributed by atoms with van der Waals surface area (Å²) in [5.74, 6) is 0.195. The van der Waals surface area contributed by atoms with Crippen molar-refractivity contribution in [3.8, 4) is 5.75 Å². The van der Waals surface area contributed by atoms with Crippen molar-refractivity contribution in [2.45, 2.75) is 19.3 Å². The summed E-state index contributed by atoms with van der Waals surface area (Å²) < 4.78 is 23.7. The standard InChI is InChI=1S/C14H17FO3/c1-17-6-7-18-14-5-4-11(9-12(14)15)13(16)8-10-2-3-10/h4-5,9-10H,2-3,6-8H2,1H3. The topological polar surface area (TPSA) is 35.5 Å². The maximum Gasteiger partial charge on any atom is 0.165 e. The number of ketones is 1. The third kappa shape index (κ3) is 3.53. The van der Waals surface area contributed by atoms with Gasteiger partial charge in [0.15, 0.2) is 17.3 Å². The van der Waals surface area contributed by atoms with Crippen LogP contribution in [-0.2, 0) is 4.74 Å². The molecule has 1 saturated carbocycles. The van der Waals surface area contributed by atoms with Crippen molar-refractivity contribution in [1.29, 1.82) is 0 Å². The van der Waals surface area contributed by atoms with E-state index < -0.39 is 5.82 Å². The molecule has 2 rings (SSSR count). The number of carbonyl (C=O) groups excluding carboxylic acids is 1. The fourth-order valence-corrected chi connectivity index (χ4v) is 1.73. The van der Waals surface area contributed by atoms with Gasteiger partial charge in [-0.1, -0.05) is 0 Å². The van der Waals surface area contributed by atoms with Gasteiger partial charge < -0.3 is 9.47 Å². The van der Waals surface area contributed by atoms with E-state index in [1.807, 2.05) is 0 Å². The quantitative estimate of drug-likeness (QED) is 0.553. The Morgan fingerprint density at radius 1 is 1.39 bits per heavy atom. The first-order valence-electron chi connectivity index (χ1n) is 6.15. The molecule has 18 heavy (non-hydrogen) atoms. The summed E-state index contributed by atoms with van der Waals surface area (Å²) >= 11 is 0. The molecule has 1 aliphatic carbocycles. The molecule has 1 fully saturated rings. The van der Waals surface area contributed by atoms with Crippen LogP contribution in [0.2, 0.25) is 0 Å². The Kier molecular flexibility index (Phi) is 4.31. The Bertz CT molecular complexity index is 427. The van der Waals surface area contributed by atoms with E-state index in [0.717, 1.165) is 12.8 Å². The first-order valence-corrected chi connectivity index (χ1v) is 6.15. The Hall–Kier alpha value is -1.42. The van der Waals surface area contributed by atoms with E-state index in [0.29, 0.717) is 31.1 Å². The molecule has 1 aromatic carbocycles. The van der Waals surface area contributed by atoms with Gasteiger partial charge in [0.1, 0.15) is 6.61 Å². The van der Waals surface area contributed by atoms with Gasteiger partial charge >= 0.3 is 0 Å². The average molecular weight is 252 g/mol. The van der Waals surface area contributed by atoms with Crippen LogP contribution in [0.1, 0.15) is 29.6 Å². The van der Waals surface area contributed by atoms with Gasteiger partial charge in [0.25, 0.3) is 0 Å². The highest BCUT2D eigenvalue weighted by Crippen LogP contribution is 2.33. The Labute approximate surface area is 106 Å². The second kappa shape index (κ2) is 5.96. The van der Waals surface area contributed by atoms with Gasteiger partial charge in [0.2, 0.25) is 0 Å². The van der Waals surface area contributed by atoms with E-state index in [4.69, 9.17) is 9.47 Å². The number of methoxy groups -OCH3 is 1. The number of ether oxygens (including phenoxy) is 2. The van der Waals surface area contributed by atoms with Crippen LogP contribution in [0.15, 0.2) is 18.2 Å². The minimum atomic E-state index is -0.493. The number of hydrogen-bond acceptors (Lipinski definition) is 3. The number of benzene rings is 1.